The molecule has 0 spiro atoms. The molecule has 25 heavy (non-hydrogen) atoms. The molecule has 124 valence electrons. The molecule has 1 heterocycles. The zero-order chi connectivity index (χ0) is 18.4. The van der Waals surface area contributed by atoms with Gasteiger partial charge in [0.2, 0.25) is 5.71 Å². The summed E-state index contributed by atoms with van der Waals surface area (Å²) in [5.74, 6) is -0.715. The van der Waals surface area contributed by atoms with E-state index >= 15 is 0 Å². The molecule has 0 fully saturated rings. The fourth-order valence-electron chi connectivity index (χ4n) is 2.16. The van der Waals surface area contributed by atoms with Crippen LogP contribution in [0.15, 0.2) is 45.0 Å². The Kier molecular flexibility index (Phi) is 5.22. The van der Waals surface area contributed by atoms with Crippen molar-refractivity contribution in [1.82, 2.24) is 5.12 Å². The van der Waals surface area contributed by atoms with Gasteiger partial charge in [0.05, 0.1) is 22.0 Å². The molecule has 1 atom stereocenters. The summed E-state index contributed by atoms with van der Waals surface area (Å²) in [5.41, 5.74) is 0.773. The molecule has 0 saturated heterocycles. The van der Waals surface area contributed by atoms with Gasteiger partial charge in [-0.05, 0) is 17.7 Å². The number of benzene rings is 1. The van der Waals surface area contributed by atoms with Crippen LogP contribution in [0.3, 0.4) is 0 Å². The molecule has 0 aromatic heterocycles. The molecule has 0 radical (unpaired) electrons. The summed E-state index contributed by atoms with van der Waals surface area (Å²) in [4.78, 5) is 33.0. The van der Waals surface area contributed by atoms with Crippen molar-refractivity contribution in [2.24, 2.45) is 26.7 Å². The molecule has 1 aliphatic rings. The molecule has 0 aliphatic carbocycles. The van der Waals surface area contributed by atoms with Crippen LogP contribution in [0.4, 0.5) is 5.69 Å². The van der Waals surface area contributed by atoms with E-state index in [1.165, 1.54) is 24.3 Å². The molecule has 1 aromatic rings. The van der Waals surface area contributed by atoms with E-state index in [9.17, 15) is 14.6 Å². The largest absolute Gasteiger partial charge is 0.271 e. The number of hydrazone groups is 2. The first-order valence-electron chi connectivity index (χ1n) is 6.91. The quantitative estimate of drug-likeness (QED) is 0.453. The Hall–Kier alpha value is -3.99. The number of nitriles is 2. The number of anilines is 1. The van der Waals surface area contributed by atoms with Crippen molar-refractivity contribution in [2.75, 3.05) is 5.12 Å². The van der Waals surface area contributed by atoms with Gasteiger partial charge in [-0.25, -0.2) is 0 Å². The standard InChI is InChI=1S/C14H10N8O3/c1-9-6-13(23)22(20-25)18-14(9)10-2-4-12(5-3-10)21(19-24)17-11(7-15)8-16/h2-5,9H,6H2,1H3. The van der Waals surface area contributed by atoms with Gasteiger partial charge >= 0.3 is 0 Å². The van der Waals surface area contributed by atoms with Gasteiger partial charge in [0.1, 0.15) is 12.1 Å². The van der Waals surface area contributed by atoms with Crippen molar-refractivity contribution in [2.45, 2.75) is 13.3 Å². The number of hydrogen-bond donors (Lipinski definition) is 0. The lowest BCUT2D eigenvalue weighted by molar-refractivity contribution is -0.132. The third kappa shape index (κ3) is 3.68. The molecule has 0 bridgehead atoms. The second kappa shape index (κ2) is 7.52. The SMILES string of the molecule is CC1CC(=O)N(N=O)N=C1c1ccc(N(N=O)N=C(C#N)C#N)cc1. The van der Waals surface area contributed by atoms with Gasteiger partial charge in [0.15, 0.2) is 0 Å². The molecule has 1 aromatic carbocycles. The van der Waals surface area contributed by atoms with Gasteiger partial charge in [0.25, 0.3) is 5.91 Å². The minimum absolute atomic E-state index is 0.0896. The molecule has 11 heteroatoms. The summed E-state index contributed by atoms with van der Waals surface area (Å²) in [6.45, 7) is 1.78. The fraction of sp³-hybridized carbons (Fsp3) is 0.214. The lowest BCUT2D eigenvalue weighted by Crippen LogP contribution is -2.32. The van der Waals surface area contributed by atoms with Gasteiger partial charge in [-0.2, -0.15) is 10.5 Å². The Morgan fingerprint density at radius 2 is 1.92 bits per heavy atom. The van der Waals surface area contributed by atoms with E-state index in [0.29, 0.717) is 21.5 Å². The van der Waals surface area contributed by atoms with Crippen molar-refractivity contribution in [3.05, 3.63) is 39.6 Å². The first kappa shape index (κ1) is 17.4. The van der Waals surface area contributed by atoms with E-state index in [1.54, 1.807) is 19.1 Å². The van der Waals surface area contributed by atoms with Crippen LogP contribution in [0.1, 0.15) is 18.9 Å². The molecule has 1 unspecified atom stereocenters. The maximum Gasteiger partial charge on any atom is 0.268 e. The Labute approximate surface area is 141 Å². The van der Waals surface area contributed by atoms with E-state index < -0.39 is 11.6 Å². The topological polar surface area (TPSA) is 155 Å². The number of amides is 1. The highest BCUT2D eigenvalue weighted by Crippen LogP contribution is 2.23. The second-order valence-electron chi connectivity index (χ2n) is 4.95. The Morgan fingerprint density at radius 3 is 2.44 bits per heavy atom. The van der Waals surface area contributed by atoms with E-state index in [-0.39, 0.29) is 18.0 Å². The molecule has 0 N–H and O–H groups in total. The van der Waals surface area contributed by atoms with Crippen molar-refractivity contribution in [3.63, 3.8) is 0 Å². The monoisotopic (exact) mass is 338 g/mol. The average Bonchev–Trinajstić information content (AvgIpc) is 2.63. The van der Waals surface area contributed by atoms with Crippen molar-refractivity contribution in [1.29, 1.82) is 10.5 Å². The van der Waals surface area contributed by atoms with Gasteiger partial charge < -0.3 is 0 Å². The lowest BCUT2D eigenvalue weighted by atomic mass is 9.94. The minimum atomic E-state index is -0.528. The lowest BCUT2D eigenvalue weighted by Gasteiger charge is -2.22. The smallest absolute Gasteiger partial charge is 0.268 e. The van der Waals surface area contributed by atoms with Crippen LogP contribution in [0, 0.1) is 38.4 Å². The van der Waals surface area contributed by atoms with Gasteiger partial charge in [-0.3, -0.25) is 4.79 Å². The zero-order valence-corrected chi connectivity index (χ0v) is 12.9. The summed E-state index contributed by atoms with van der Waals surface area (Å²) in [5, 5.41) is 31.1. The maximum absolute atomic E-state index is 11.6. The van der Waals surface area contributed by atoms with Crippen LogP contribution in [-0.2, 0) is 4.79 Å². The third-order valence-electron chi connectivity index (χ3n) is 3.33. The highest BCUT2D eigenvalue weighted by Gasteiger charge is 2.28. The summed E-state index contributed by atoms with van der Waals surface area (Å²) in [6, 6.07) is 9.14. The minimum Gasteiger partial charge on any atom is -0.271 e. The maximum atomic E-state index is 11.6. The van der Waals surface area contributed by atoms with E-state index in [2.05, 4.69) is 20.8 Å². The summed E-state index contributed by atoms with van der Waals surface area (Å²) < 4.78 is 0. The van der Waals surface area contributed by atoms with Gasteiger partial charge in [-0.1, -0.05) is 24.2 Å². The van der Waals surface area contributed by atoms with Crippen LogP contribution >= 0.6 is 0 Å². The fourth-order valence-corrected chi connectivity index (χ4v) is 2.16. The van der Waals surface area contributed by atoms with Gasteiger partial charge in [0, 0.05) is 12.3 Å². The molecule has 2 rings (SSSR count). The number of carbonyl (C=O) groups excluding carboxylic acids is 1. The predicted octanol–water partition coefficient (Wildman–Crippen LogP) is 1.83. The first-order chi connectivity index (χ1) is 12.0. The van der Waals surface area contributed by atoms with E-state index in [0.717, 1.165) is 0 Å². The third-order valence-corrected chi connectivity index (χ3v) is 3.33. The predicted molar refractivity (Wildman–Crippen MR) is 86.3 cm³/mol. The Morgan fingerprint density at radius 1 is 1.28 bits per heavy atom. The summed E-state index contributed by atoms with van der Waals surface area (Å²) in [6.07, 6.45) is 0.0896. The highest BCUT2D eigenvalue weighted by molar-refractivity contribution is 6.10. The van der Waals surface area contributed by atoms with Crippen LogP contribution < -0.4 is 5.12 Å². The average molecular weight is 338 g/mol. The highest BCUT2D eigenvalue weighted by atomic mass is 16.3. The number of nitrogens with zero attached hydrogens (tertiary/aromatic N) is 8. The molecule has 1 aliphatic heterocycles. The van der Waals surface area contributed by atoms with Crippen LogP contribution in [0.25, 0.3) is 0 Å². The number of rotatable bonds is 5. The summed E-state index contributed by atoms with van der Waals surface area (Å²) >= 11 is 0. The number of carbonyl (C=O) groups is 1. The van der Waals surface area contributed by atoms with Crippen molar-refractivity contribution >= 4 is 23.0 Å². The Balaban J connectivity index is 2.34. The zero-order valence-electron chi connectivity index (χ0n) is 12.9. The molecule has 0 saturated carbocycles. The van der Waals surface area contributed by atoms with Crippen LogP contribution in [0.2, 0.25) is 0 Å². The molecular formula is C14H10N8O3. The number of hydrogen-bond acceptors (Lipinski definition) is 9. The number of nitroso groups, excluding NO2 is 2. The first-order valence-corrected chi connectivity index (χ1v) is 6.91. The van der Waals surface area contributed by atoms with Crippen molar-refractivity contribution in [3.8, 4) is 12.1 Å². The van der Waals surface area contributed by atoms with Crippen LogP contribution in [-0.4, -0.2) is 22.4 Å². The Bertz CT molecular complexity index is 830. The second-order valence-corrected chi connectivity index (χ2v) is 4.95. The van der Waals surface area contributed by atoms with E-state index in [1.807, 2.05) is 0 Å². The van der Waals surface area contributed by atoms with Crippen molar-refractivity contribution < 1.29 is 4.79 Å². The van der Waals surface area contributed by atoms with Gasteiger partial charge in [-0.15, -0.1) is 25.1 Å². The molecular weight excluding hydrogens is 328 g/mol. The molecule has 1 amide bonds. The van der Waals surface area contributed by atoms with Crippen LogP contribution in [0.5, 0.6) is 0 Å². The molecule has 11 nitrogen and oxygen atoms in total. The van der Waals surface area contributed by atoms with E-state index in [4.69, 9.17) is 10.5 Å². The normalized spacial score (nSPS) is 16.1. The summed E-state index contributed by atoms with van der Waals surface area (Å²) in [7, 11) is 0.